The van der Waals surface area contributed by atoms with E-state index in [0.29, 0.717) is 32.0 Å². The fraction of sp³-hybridized carbons (Fsp3) is 0.391. The molecule has 0 radical (unpaired) electrons. The molecule has 0 bridgehead atoms. The third-order valence-electron chi connectivity index (χ3n) is 4.53. The second-order valence-electron chi connectivity index (χ2n) is 8.19. The first-order valence-corrected chi connectivity index (χ1v) is 10.1. The highest BCUT2D eigenvalue weighted by Crippen LogP contribution is 2.28. The van der Waals surface area contributed by atoms with Crippen molar-refractivity contribution in [3.63, 3.8) is 0 Å². The molecule has 7 nitrogen and oxygen atoms in total. The summed E-state index contributed by atoms with van der Waals surface area (Å²) < 4.78 is 11.1. The van der Waals surface area contributed by atoms with E-state index >= 15 is 0 Å². The van der Waals surface area contributed by atoms with Crippen molar-refractivity contribution in [2.45, 2.75) is 39.0 Å². The van der Waals surface area contributed by atoms with Gasteiger partial charge in [-0.2, -0.15) is 0 Å². The number of carbonyl (C=O) groups excluding carboxylic acids is 2. The Morgan fingerprint density at radius 1 is 1.13 bits per heavy atom. The Hall–Kier alpha value is -3.06. The molecule has 0 saturated carbocycles. The van der Waals surface area contributed by atoms with Crippen molar-refractivity contribution in [3.05, 3.63) is 60.2 Å². The first kappa shape index (κ1) is 21.6. The van der Waals surface area contributed by atoms with E-state index in [1.165, 1.54) is 0 Å². The minimum atomic E-state index is -0.749. The zero-order valence-corrected chi connectivity index (χ0v) is 17.7. The van der Waals surface area contributed by atoms with E-state index in [0.717, 1.165) is 11.3 Å². The summed E-state index contributed by atoms with van der Waals surface area (Å²) in [5.74, 6) is -0.277. The van der Waals surface area contributed by atoms with Gasteiger partial charge in [0.1, 0.15) is 11.6 Å². The molecule has 2 aromatic rings. The quantitative estimate of drug-likeness (QED) is 0.711. The number of carbonyl (C=O) groups is 2. The Labute approximate surface area is 177 Å². The summed E-state index contributed by atoms with van der Waals surface area (Å²) >= 11 is 0. The van der Waals surface area contributed by atoms with Crippen molar-refractivity contribution in [2.75, 3.05) is 29.9 Å². The predicted molar refractivity (Wildman–Crippen MR) is 117 cm³/mol. The maximum absolute atomic E-state index is 12.7. The Morgan fingerprint density at radius 2 is 1.83 bits per heavy atom. The molecule has 0 saturated heterocycles. The molecule has 1 atom stereocenters. The first-order valence-electron chi connectivity index (χ1n) is 10.1. The number of benzene rings is 2. The monoisotopic (exact) mass is 411 g/mol. The van der Waals surface area contributed by atoms with Crippen LogP contribution in [0.2, 0.25) is 0 Å². The fourth-order valence-electron chi connectivity index (χ4n) is 3.19. The molecule has 2 N–H and O–H groups in total. The SMILES string of the molecule is CC(C)(C)OC(=O)NC1CN(CCOCc2ccccc2)c2ccccc2NC1=O. The van der Waals surface area contributed by atoms with Gasteiger partial charge in [-0.05, 0) is 38.5 Å². The molecule has 2 aromatic carbocycles. The normalized spacial score (nSPS) is 16.3. The summed E-state index contributed by atoms with van der Waals surface area (Å²) in [7, 11) is 0. The smallest absolute Gasteiger partial charge is 0.408 e. The van der Waals surface area contributed by atoms with Crippen LogP contribution < -0.4 is 15.5 Å². The van der Waals surface area contributed by atoms with Gasteiger partial charge >= 0.3 is 6.09 Å². The van der Waals surface area contributed by atoms with Gasteiger partial charge in [0, 0.05) is 13.1 Å². The third kappa shape index (κ3) is 6.22. The van der Waals surface area contributed by atoms with Crippen LogP contribution in [0.3, 0.4) is 0 Å². The van der Waals surface area contributed by atoms with E-state index in [2.05, 4.69) is 10.6 Å². The number of rotatable bonds is 6. The highest BCUT2D eigenvalue weighted by Gasteiger charge is 2.30. The number of amides is 2. The standard InChI is InChI=1S/C23H29N3O4/c1-23(2,3)30-22(28)25-19-15-26(13-14-29-16-17-9-5-4-6-10-17)20-12-8-7-11-18(20)24-21(19)27/h4-12,19H,13-16H2,1-3H3,(H,24,27)(H,25,28). The molecule has 1 heterocycles. The zero-order chi connectivity index (χ0) is 21.6. The number of para-hydroxylation sites is 2. The topological polar surface area (TPSA) is 79.9 Å². The fourth-order valence-corrected chi connectivity index (χ4v) is 3.19. The number of hydrogen-bond acceptors (Lipinski definition) is 5. The minimum Gasteiger partial charge on any atom is -0.444 e. The predicted octanol–water partition coefficient (Wildman–Crippen LogP) is 3.56. The Balaban J connectivity index is 1.66. The molecule has 3 rings (SSSR count). The molecule has 1 aliphatic heterocycles. The van der Waals surface area contributed by atoms with E-state index in [-0.39, 0.29) is 5.91 Å². The van der Waals surface area contributed by atoms with E-state index in [1.807, 2.05) is 59.5 Å². The molecule has 30 heavy (non-hydrogen) atoms. The van der Waals surface area contributed by atoms with E-state index in [9.17, 15) is 9.59 Å². The van der Waals surface area contributed by atoms with Gasteiger partial charge < -0.3 is 25.0 Å². The maximum atomic E-state index is 12.7. The van der Waals surface area contributed by atoms with Crippen molar-refractivity contribution in [3.8, 4) is 0 Å². The summed E-state index contributed by atoms with van der Waals surface area (Å²) in [6, 6.07) is 16.8. The molecule has 0 fully saturated rings. The van der Waals surface area contributed by atoms with Gasteiger partial charge in [-0.25, -0.2) is 4.79 Å². The van der Waals surface area contributed by atoms with Crippen molar-refractivity contribution in [2.24, 2.45) is 0 Å². The summed E-state index contributed by atoms with van der Waals surface area (Å²) in [5, 5.41) is 5.59. The van der Waals surface area contributed by atoms with Crippen LogP contribution in [0.25, 0.3) is 0 Å². The number of nitrogens with one attached hydrogen (secondary N) is 2. The first-order chi connectivity index (χ1) is 14.3. The molecular weight excluding hydrogens is 382 g/mol. The Kier molecular flexibility index (Phi) is 6.95. The summed E-state index contributed by atoms with van der Waals surface area (Å²) in [4.78, 5) is 27.0. The van der Waals surface area contributed by atoms with E-state index < -0.39 is 17.7 Å². The Bertz CT molecular complexity index is 864. The van der Waals surface area contributed by atoms with Crippen molar-refractivity contribution in [1.82, 2.24) is 5.32 Å². The van der Waals surface area contributed by atoms with Crippen LogP contribution in [0.5, 0.6) is 0 Å². The molecular formula is C23H29N3O4. The van der Waals surface area contributed by atoms with Crippen LogP contribution >= 0.6 is 0 Å². The average molecular weight is 412 g/mol. The van der Waals surface area contributed by atoms with Crippen LogP contribution in [-0.2, 0) is 20.9 Å². The second-order valence-corrected chi connectivity index (χ2v) is 8.19. The number of anilines is 2. The van der Waals surface area contributed by atoms with Gasteiger partial charge in [-0.3, -0.25) is 4.79 Å². The highest BCUT2D eigenvalue weighted by molar-refractivity contribution is 6.01. The second kappa shape index (κ2) is 9.63. The lowest BCUT2D eigenvalue weighted by Gasteiger charge is -2.27. The van der Waals surface area contributed by atoms with Crippen LogP contribution in [0.15, 0.2) is 54.6 Å². The number of fused-ring (bicyclic) bond motifs is 1. The van der Waals surface area contributed by atoms with Crippen molar-refractivity contribution < 1.29 is 19.1 Å². The van der Waals surface area contributed by atoms with Crippen molar-refractivity contribution >= 4 is 23.4 Å². The molecule has 1 aliphatic rings. The number of alkyl carbamates (subject to hydrolysis) is 1. The van der Waals surface area contributed by atoms with Crippen LogP contribution in [-0.4, -0.2) is 43.3 Å². The van der Waals surface area contributed by atoms with Gasteiger partial charge in [-0.1, -0.05) is 42.5 Å². The molecule has 0 aromatic heterocycles. The largest absolute Gasteiger partial charge is 0.444 e. The van der Waals surface area contributed by atoms with Crippen LogP contribution in [0, 0.1) is 0 Å². The van der Waals surface area contributed by atoms with E-state index in [1.54, 1.807) is 20.8 Å². The van der Waals surface area contributed by atoms with Crippen molar-refractivity contribution in [1.29, 1.82) is 0 Å². The lowest BCUT2D eigenvalue weighted by molar-refractivity contribution is -0.117. The molecule has 1 unspecified atom stereocenters. The molecule has 2 amide bonds. The number of nitrogens with zero attached hydrogens (tertiary/aromatic N) is 1. The highest BCUT2D eigenvalue weighted by atomic mass is 16.6. The lowest BCUT2D eigenvalue weighted by Crippen LogP contribution is -2.50. The average Bonchev–Trinajstić information content (AvgIpc) is 2.81. The van der Waals surface area contributed by atoms with Crippen LogP contribution in [0.1, 0.15) is 26.3 Å². The Morgan fingerprint density at radius 3 is 2.57 bits per heavy atom. The number of ether oxygens (including phenoxy) is 2. The third-order valence-corrected chi connectivity index (χ3v) is 4.53. The van der Waals surface area contributed by atoms with Gasteiger partial charge in [0.15, 0.2) is 0 Å². The molecule has 0 aliphatic carbocycles. The van der Waals surface area contributed by atoms with Crippen LogP contribution in [0.4, 0.5) is 16.2 Å². The van der Waals surface area contributed by atoms with E-state index in [4.69, 9.17) is 9.47 Å². The lowest BCUT2D eigenvalue weighted by atomic mass is 10.2. The maximum Gasteiger partial charge on any atom is 0.408 e. The summed E-state index contributed by atoms with van der Waals surface area (Å²) in [6.07, 6.45) is -0.617. The molecule has 160 valence electrons. The van der Waals surface area contributed by atoms with Gasteiger partial charge in [0.05, 0.1) is 24.6 Å². The minimum absolute atomic E-state index is 0.277. The molecule has 0 spiro atoms. The zero-order valence-electron chi connectivity index (χ0n) is 17.7. The van der Waals surface area contributed by atoms with Gasteiger partial charge in [0.2, 0.25) is 5.91 Å². The van der Waals surface area contributed by atoms with Gasteiger partial charge in [-0.15, -0.1) is 0 Å². The molecule has 7 heteroatoms. The van der Waals surface area contributed by atoms with Gasteiger partial charge in [0.25, 0.3) is 0 Å². The summed E-state index contributed by atoms with van der Waals surface area (Å²) in [6.45, 7) is 7.25. The summed E-state index contributed by atoms with van der Waals surface area (Å²) in [5.41, 5.74) is 2.07. The number of hydrogen-bond donors (Lipinski definition) is 2.